The molecule has 0 bridgehead atoms. The lowest BCUT2D eigenvalue weighted by atomic mass is 10.1. The molecule has 1 aromatic rings. The largest absolute Gasteiger partial charge is 0.293 e. The van der Waals surface area contributed by atoms with Gasteiger partial charge in [0.15, 0.2) is 5.78 Å². The summed E-state index contributed by atoms with van der Waals surface area (Å²) in [4.78, 5) is 11.2. The molecule has 0 N–H and O–H groups in total. The van der Waals surface area contributed by atoms with Crippen molar-refractivity contribution in [3.05, 3.63) is 34.1 Å². The quantitative estimate of drug-likeness (QED) is 0.603. The third-order valence-corrected chi connectivity index (χ3v) is 2.63. The molecule has 0 radical (unpaired) electrons. The van der Waals surface area contributed by atoms with E-state index < -0.39 is 0 Å². The molecule has 0 spiro atoms. The van der Waals surface area contributed by atoms with Crippen LogP contribution in [0, 0.1) is 5.82 Å². The summed E-state index contributed by atoms with van der Waals surface area (Å²) in [6.45, 7) is 1.73. The summed E-state index contributed by atoms with van der Waals surface area (Å²) in [6.07, 6.45) is 0. The lowest BCUT2D eigenvalue weighted by Gasteiger charge is -2.04. The molecule has 0 heterocycles. The zero-order valence-electron chi connectivity index (χ0n) is 6.85. The summed E-state index contributed by atoms with van der Waals surface area (Å²) < 4.78 is 13.1. The fraction of sp³-hybridized carbons (Fsp3) is 0.222. The van der Waals surface area contributed by atoms with Crippen LogP contribution in [0.4, 0.5) is 4.39 Å². The number of halogens is 3. The maximum atomic E-state index is 12.7. The van der Waals surface area contributed by atoms with Gasteiger partial charge in [-0.15, -0.1) is 0 Å². The summed E-state index contributed by atoms with van der Waals surface area (Å²) in [5.74, 6) is -0.419. The molecule has 0 aromatic heterocycles. The SMILES string of the molecule is CC(Br)C(=O)c1ccc(F)cc1Br. The third kappa shape index (κ3) is 2.61. The standard InChI is InChI=1S/C9H7Br2FO/c1-5(10)9(13)7-3-2-6(12)4-8(7)11/h2-5H,1H3. The highest BCUT2D eigenvalue weighted by molar-refractivity contribution is 9.10. The molecular formula is C9H7Br2FO. The lowest BCUT2D eigenvalue weighted by molar-refractivity contribution is 0.0995. The van der Waals surface area contributed by atoms with Crippen LogP contribution in [0.3, 0.4) is 0 Å². The van der Waals surface area contributed by atoms with E-state index in [0.29, 0.717) is 10.0 Å². The molecule has 1 rings (SSSR count). The summed E-state index contributed by atoms with van der Waals surface area (Å²) in [7, 11) is 0. The van der Waals surface area contributed by atoms with E-state index in [0.717, 1.165) is 0 Å². The fourth-order valence-corrected chi connectivity index (χ4v) is 1.70. The van der Waals surface area contributed by atoms with Crippen molar-refractivity contribution in [2.75, 3.05) is 0 Å². The van der Waals surface area contributed by atoms with Crippen LogP contribution in [-0.4, -0.2) is 10.6 Å². The molecule has 1 aromatic carbocycles. The second kappa shape index (κ2) is 4.33. The molecule has 0 aliphatic heterocycles. The van der Waals surface area contributed by atoms with Crippen LogP contribution >= 0.6 is 31.9 Å². The van der Waals surface area contributed by atoms with Crippen LogP contribution in [0.2, 0.25) is 0 Å². The van der Waals surface area contributed by atoms with Gasteiger partial charge in [-0.25, -0.2) is 4.39 Å². The first-order valence-corrected chi connectivity index (χ1v) is 5.36. The maximum absolute atomic E-state index is 12.7. The van der Waals surface area contributed by atoms with Crippen LogP contribution in [-0.2, 0) is 0 Å². The molecule has 0 amide bonds. The minimum Gasteiger partial charge on any atom is -0.293 e. The molecule has 0 fully saturated rings. The number of carbonyl (C=O) groups is 1. The topological polar surface area (TPSA) is 17.1 Å². The average molecular weight is 310 g/mol. The minimum absolute atomic E-state index is 0.0631. The second-order valence-electron chi connectivity index (χ2n) is 2.60. The molecule has 70 valence electrons. The molecule has 1 unspecified atom stereocenters. The van der Waals surface area contributed by atoms with Gasteiger partial charge in [-0.2, -0.15) is 0 Å². The summed E-state index contributed by atoms with van der Waals surface area (Å²) in [5.41, 5.74) is 0.491. The van der Waals surface area contributed by atoms with Gasteiger partial charge in [0.25, 0.3) is 0 Å². The van der Waals surface area contributed by atoms with Crippen LogP contribution in [0.25, 0.3) is 0 Å². The van der Waals surface area contributed by atoms with Gasteiger partial charge in [-0.05, 0) is 41.1 Å². The van der Waals surface area contributed by atoms with E-state index in [1.165, 1.54) is 18.2 Å². The van der Waals surface area contributed by atoms with Gasteiger partial charge < -0.3 is 0 Å². The van der Waals surface area contributed by atoms with Crippen molar-refractivity contribution in [3.8, 4) is 0 Å². The van der Waals surface area contributed by atoms with Gasteiger partial charge in [0.2, 0.25) is 0 Å². The zero-order valence-corrected chi connectivity index (χ0v) is 10.0. The van der Waals surface area contributed by atoms with E-state index in [1.54, 1.807) is 6.92 Å². The number of hydrogen-bond donors (Lipinski definition) is 0. The van der Waals surface area contributed by atoms with E-state index in [1.807, 2.05) is 0 Å². The molecule has 13 heavy (non-hydrogen) atoms. The third-order valence-electron chi connectivity index (χ3n) is 1.56. The minimum atomic E-state index is -0.356. The Morgan fingerprint density at radius 1 is 1.54 bits per heavy atom. The average Bonchev–Trinajstić information content (AvgIpc) is 2.03. The molecule has 1 nitrogen and oxygen atoms in total. The van der Waals surface area contributed by atoms with Crippen molar-refractivity contribution in [2.45, 2.75) is 11.8 Å². The Kier molecular flexibility index (Phi) is 3.62. The van der Waals surface area contributed by atoms with Crippen molar-refractivity contribution < 1.29 is 9.18 Å². The normalized spacial score (nSPS) is 12.6. The van der Waals surface area contributed by atoms with Crippen LogP contribution in [0.1, 0.15) is 17.3 Å². The van der Waals surface area contributed by atoms with Crippen molar-refractivity contribution in [3.63, 3.8) is 0 Å². The summed E-state index contributed by atoms with van der Waals surface area (Å²) in [6, 6.07) is 4.02. The number of hydrogen-bond acceptors (Lipinski definition) is 1. The number of alkyl halides is 1. The zero-order chi connectivity index (χ0) is 10.0. The van der Waals surface area contributed by atoms with Crippen molar-refractivity contribution >= 4 is 37.6 Å². The Morgan fingerprint density at radius 3 is 2.62 bits per heavy atom. The highest BCUT2D eigenvalue weighted by Crippen LogP contribution is 2.21. The molecule has 0 aliphatic rings. The van der Waals surface area contributed by atoms with E-state index in [-0.39, 0.29) is 16.4 Å². The van der Waals surface area contributed by atoms with Gasteiger partial charge in [-0.1, -0.05) is 15.9 Å². The van der Waals surface area contributed by atoms with E-state index in [2.05, 4.69) is 31.9 Å². The highest BCUT2D eigenvalue weighted by atomic mass is 79.9. The van der Waals surface area contributed by atoms with Gasteiger partial charge in [0.05, 0.1) is 4.83 Å². The Balaban J connectivity index is 3.09. The Bertz CT molecular complexity index is 336. The molecular weight excluding hydrogens is 303 g/mol. The Morgan fingerprint density at radius 2 is 2.15 bits per heavy atom. The van der Waals surface area contributed by atoms with Crippen molar-refractivity contribution in [1.29, 1.82) is 0 Å². The van der Waals surface area contributed by atoms with Gasteiger partial charge in [0.1, 0.15) is 5.82 Å². The second-order valence-corrected chi connectivity index (χ2v) is 4.83. The monoisotopic (exact) mass is 308 g/mol. The number of carbonyl (C=O) groups excluding carboxylic acids is 1. The van der Waals surface area contributed by atoms with E-state index in [9.17, 15) is 9.18 Å². The first kappa shape index (κ1) is 10.9. The number of Topliss-reactive ketones (excluding diaryl/α,β-unsaturated/α-hetero) is 1. The number of rotatable bonds is 2. The van der Waals surface area contributed by atoms with Gasteiger partial charge in [-0.3, -0.25) is 4.79 Å². The summed E-state index contributed by atoms with van der Waals surface area (Å²) in [5, 5.41) is 0. The fourth-order valence-electron chi connectivity index (χ4n) is 0.904. The van der Waals surface area contributed by atoms with Crippen LogP contribution in [0.5, 0.6) is 0 Å². The van der Waals surface area contributed by atoms with E-state index in [4.69, 9.17) is 0 Å². The number of benzene rings is 1. The number of ketones is 1. The molecule has 1 atom stereocenters. The van der Waals surface area contributed by atoms with Crippen LogP contribution < -0.4 is 0 Å². The summed E-state index contributed by atoms with van der Waals surface area (Å²) >= 11 is 6.30. The molecule has 0 saturated heterocycles. The van der Waals surface area contributed by atoms with Crippen molar-refractivity contribution in [2.24, 2.45) is 0 Å². The van der Waals surface area contributed by atoms with E-state index >= 15 is 0 Å². The highest BCUT2D eigenvalue weighted by Gasteiger charge is 2.14. The predicted octanol–water partition coefficient (Wildman–Crippen LogP) is 3.55. The Labute approximate surface area is 92.6 Å². The van der Waals surface area contributed by atoms with Crippen LogP contribution in [0.15, 0.2) is 22.7 Å². The van der Waals surface area contributed by atoms with Gasteiger partial charge >= 0.3 is 0 Å². The smallest absolute Gasteiger partial charge is 0.177 e. The molecule has 0 aliphatic carbocycles. The molecule has 4 heteroatoms. The predicted molar refractivity (Wildman–Crippen MR) is 56.8 cm³/mol. The first-order chi connectivity index (χ1) is 6.02. The molecule has 0 saturated carbocycles. The van der Waals surface area contributed by atoms with Crippen molar-refractivity contribution in [1.82, 2.24) is 0 Å². The Hall–Kier alpha value is -0.220. The first-order valence-electron chi connectivity index (χ1n) is 3.65. The lowest BCUT2D eigenvalue weighted by Crippen LogP contribution is -2.10. The maximum Gasteiger partial charge on any atom is 0.177 e. The van der Waals surface area contributed by atoms with Gasteiger partial charge in [0, 0.05) is 10.0 Å².